The van der Waals surface area contributed by atoms with E-state index < -0.39 is 0 Å². The molecule has 0 atom stereocenters. The molecule has 4 heteroatoms. The molecule has 0 spiro atoms. The SMILES string of the molecule is COc1ccc(C(=N)N)c(N(C)Cc2ccc(C)cc2)c1. The van der Waals surface area contributed by atoms with Gasteiger partial charge in [0.25, 0.3) is 0 Å². The van der Waals surface area contributed by atoms with Gasteiger partial charge in [0.15, 0.2) is 0 Å². The van der Waals surface area contributed by atoms with Crippen molar-refractivity contribution in [2.24, 2.45) is 5.73 Å². The van der Waals surface area contributed by atoms with Gasteiger partial charge in [-0.2, -0.15) is 0 Å². The number of benzene rings is 2. The van der Waals surface area contributed by atoms with E-state index in [1.54, 1.807) is 7.11 Å². The van der Waals surface area contributed by atoms with Gasteiger partial charge in [0.05, 0.1) is 12.8 Å². The second kappa shape index (κ2) is 6.31. The molecule has 4 nitrogen and oxygen atoms in total. The number of hydrogen-bond donors (Lipinski definition) is 2. The second-order valence-electron chi connectivity index (χ2n) is 5.14. The van der Waals surface area contributed by atoms with Gasteiger partial charge in [-0.15, -0.1) is 0 Å². The number of methoxy groups -OCH3 is 1. The van der Waals surface area contributed by atoms with Crippen molar-refractivity contribution in [1.29, 1.82) is 5.41 Å². The quantitative estimate of drug-likeness (QED) is 0.655. The Morgan fingerprint density at radius 3 is 2.43 bits per heavy atom. The van der Waals surface area contributed by atoms with Crippen molar-refractivity contribution in [1.82, 2.24) is 0 Å². The fourth-order valence-corrected chi connectivity index (χ4v) is 2.23. The molecule has 0 heterocycles. The molecule has 3 N–H and O–H groups in total. The molecule has 2 aromatic rings. The molecule has 0 aliphatic heterocycles. The Morgan fingerprint density at radius 2 is 1.86 bits per heavy atom. The number of hydrogen-bond acceptors (Lipinski definition) is 3. The minimum Gasteiger partial charge on any atom is -0.497 e. The van der Waals surface area contributed by atoms with Crippen LogP contribution in [0.1, 0.15) is 16.7 Å². The Labute approximate surface area is 125 Å². The summed E-state index contributed by atoms with van der Waals surface area (Å²) in [6.45, 7) is 2.82. The summed E-state index contributed by atoms with van der Waals surface area (Å²) >= 11 is 0. The Kier molecular flexibility index (Phi) is 4.48. The molecule has 0 bridgehead atoms. The Bertz CT molecular complexity index is 635. The van der Waals surface area contributed by atoms with E-state index in [1.807, 2.05) is 25.2 Å². The van der Waals surface area contributed by atoms with E-state index in [2.05, 4.69) is 36.1 Å². The van der Waals surface area contributed by atoms with Gasteiger partial charge in [-0.05, 0) is 24.6 Å². The third kappa shape index (κ3) is 3.54. The van der Waals surface area contributed by atoms with Gasteiger partial charge >= 0.3 is 0 Å². The summed E-state index contributed by atoms with van der Waals surface area (Å²) in [7, 11) is 3.62. The van der Waals surface area contributed by atoms with Crippen LogP contribution in [0.15, 0.2) is 42.5 Å². The fourth-order valence-electron chi connectivity index (χ4n) is 2.23. The van der Waals surface area contributed by atoms with E-state index in [1.165, 1.54) is 11.1 Å². The van der Waals surface area contributed by atoms with E-state index in [9.17, 15) is 0 Å². The molecule has 0 fully saturated rings. The lowest BCUT2D eigenvalue weighted by Gasteiger charge is -2.23. The molecule has 0 saturated heterocycles. The molecule has 2 aromatic carbocycles. The molecule has 0 unspecified atom stereocenters. The zero-order valence-corrected chi connectivity index (χ0v) is 12.7. The standard InChI is InChI=1S/C17H21N3O/c1-12-4-6-13(7-5-12)11-20(2)16-10-14(21-3)8-9-15(16)17(18)19/h4-10H,11H2,1-3H3,(H3,18,19). The van der Waals surface area contributed by atoms with Crippen LogP contribution in [0.5, 0.6) is 5.75 Å². The predicted molar refractivity (Wildman–Crippen MR) is 87.3 cm³/mol. The topological polar surface area (TPSA) is 62.3 Å². The van der Waals surface area contributed by atoms with Crippen LogP contribution in [0.4, 0.5) is 5.69 Å². The molecule has 0 amide bonds. The van der Waals surface area contributed by atoms with Crippen molar-refractivity contribution < 1.29 is 4.74 Å². The first-order valence-corrected chi connectivity index (χ1v) is 6.80. The number of aryl methyl sites for hydroxylation is 1. The summed E-state index contributed by atoms with van der Waals surface area (Å²) in [5.74, 6) is 0.814. The van der Waals surface area contributed by atoms with Gasteiger partial charge in [0.2, 0.25) is 0 Å². The van der Waals surface area contributed by atoms with Crippen molar-refractivity contribution in [2.45, 2.75) is 13.5 Å². The summed E-state index contributed by atoms with van der Waals surface area (Å²) in [5.41, 5.74) is 9.73. The maximum atomic E-state index is 7.72. The highest BCUT2D eigenvalue weighted by Gasteiger charge is 2.11. The van der Waals surface area contributed by atoms with Crippen molar-refractivity contribution in [2.75, 3.05) is 19.1 Å². The molecule has 0 radical (unpaired) electrons. The Hall–Kier alpha value is -2.49. The molecular formula is C17H21N3O. The number of anilines is 1. The van der Waals surface area contributed by atoms with E-state index >= 15 is 0 Å². The van der Waals surface area contributed by atoms with Gasteiger partial charge in [0, 0.05) is 25.2 Å². The number of nitrogen functional groups attached to an aromatic ring is 1. The van der Waals surface area contributed by atoms with E-state index in [0.717, 1.165) is 18.0 Å². The molecule has 110 valence electrons. The second-order valence-corrected chi connectivity index (χ2v) is 5.14. The maximum absolute atomic E-state index is 7.72. The molecule has 2 rings (SSSR count). The first-order valence-electron chi connectivity index (χ1n) is 6.80. The summed E-state index contributed by atoms with van der Waals surface area (Å²) in [4.78, 5) is 2.07. The van der Waals surface area contributed by atoms with Gasteiger partial charge in [-0.25, -0.2) is 0 Å². The first kappa shape index (κ1) is 14.9. The Morgan fingerprint density at radius 1 is 1.19 bits per heavy atom. The van der Waals surface area contributed by atoms with Crippen LogP contribution in [0, 0.1) is 12.3 Å². The number of nitrogens with two attached hydrogens (primary N) is 1. The van der Waals surface area contributed by atoms with Crippen molar-refractivity contribution in [3.05, 3.63) is 59.2 Å². The van der Waals surface area contributed by atoms with E-state index in [-0.39, 0.29) is 5.84 Å². The number of nitrogens with one attached hydrogen (secondary N) is 1. The van der Waals surface area contributed by atoms with Crippen molar-refractivity contribution in [3.8, 4) is 5.75 Å². The average Bonchev–Trinajstić information content (AvgIpc) is 2.48. The monoisotopic (exact) mass is 283 g/mol. The summed E-state index contributed by atoms with van der Waals surface area (Å²) in [5, 5.41) is 7.72. The number of rotatable bonds is 5. The molecule has 0 saturated carbocycles. The Balaban J connectivity index is 2.30. The molecule has 0 aliphatic carbocycles. The molecule has 0 aliphatic rings. The van der Waals surface area contributed by atoms with Crippen LogP contribution in [0.25, 0.3) is 0 Å². The van der Waals surface area contributed by atoms with Gasteiger partial charge in [0.1, 0.15) is 11.6 Å². The third-order valence-corrected chi connectivity index (χ3v) is 3.45. The zero-order chi connectivity index (χ0) is 15.4. The van der Waals surface area contributed by atoms with Gasteiger partial charge in [-0.1, -0.05) is 29.8 Å². The lowest BCUT2D eigenvalue weighted by molar-refractivity contribution is 0.415. The molecular weight excluding hydrogens is 262 g/mol. The van der Waals surface area contributed by atoms with Crippen LogP contribution in [-0.2, 0) is 6.54 Å². The predicted octanol–water partition coefficient (Wildman–Crippen LogP) is 2.92. The van der Waals surface area contributed by atoms with Gasteiger partial charge < -0.3 is 15.4 Å². The summed E-state index contributed by atoms with van der Waals surface area (Å²) in [6, 6.07) is 14.0. The lowest BCUT2D eigenvalue weighted by atomic mass is 10.1. The fraction of sp³-hybridized carbons (Fsp3) is 0.235. The lowest BCUT2D eigenvalue weighted by Crippen LogP contribution is -2.22. The smallest absolute Gasteiger partial charge is 0.124 e. The van der Waals surface area contributed by atoms with E-state index in [4.69, 9.17) is 15.9 Å². The highest BCUT2D eigenvalue weighted by atomic mass is 16.5. The van der Waals surface area contributed by atoms with Crippen LogP contribution in [0.2, 0.25) is 0 Å². The minimum atomic E-state index is 0.0587. The van der Waals surface area contributed by atoms with Gasteiger partial charge in [-0.3, -0.25) is 5.41 Å². The van der Waals surface area contributed by atoms with E-state index in [0.29, 0.717) is 5.56 Å². The molecule has 21 heavy (non-hydrogen) atoms. The number of nitrogens with zero attached hydrogens (tertiary/aromatic N) is 1. The highest BCUT2D eigenvalue weighted by Crippen LogP contribution is 2.26. The number of amidine groups is 1. The van der Waals surface area contributed by atoms with Crippen LogP contribution >= 0.6 is 0 Å². The minimum absolute atomic E-state index is 0.0587. The largest absolute Gasteiger partial charge is 0.497 e. The number of ether oxygens (including phenoxy) is 1. The maximum Gasteiger partial charge on any atom is 0.124 e. The normalized spacial score (nSPS) is 10.2. The van der Waals surface area contributed by atoms with Crippen LogP contribution in [0.3, 0.4) is 0 Å². The summed E-state index contributed by atoms with van der Waals surface area (Å²) < 4.78 is 5.27. The first-order chi connectivity index (χ1) is 10.0. The van der Waals surface area contributed by atoms with Crippen molar-refractivity contribution >= 4 is 11.5 Å². The third-order valence-electron chi connectivity index (χ3n) is 3.45. The van der Waals surface area contributed by atoms with Crippen molar-refractivity contribution in [3.63, 3.8) is 0 Å². The zero-order valence-electron chi connectivity index (χ0n) is 12.7. The summed E-state index contributed by atoms with van der Waals surface area (Å²) in [6.07, 6.45) is 0. The van der Waals surface area contributed by atoms with Crippen LogP contribution in [-0.4, -0.2) is 20.0 Å². The average molecular weight is 283 g/mol. The molecule has 0 aromatic heterocycles. The van der Waals surface area contributed by atoms with Crippen LogP contribution < -0.4 is 15.4 Å². The highest BCUT2D eigenvalue weighted by molar-refractivity contribution is 6.00.